The average Bonchev–Trinajstić information content (AvgIpc) is 3.03. The number of likely N-dealkylation sites (tertiary alicyclic amines) is 1. The highest BCUT2D eigenvalue weighted by Gasteiger charge is 2.26. The molecule has 1 N–H and O–H groups in total. The summed E-state index contributed by atoms with van der Waals surface area (Å²) in [6, 6.07) is 13.4. The molecular formula is C20H21Cl3N2O. The van der Waals surface area contributed by atoms with Crippen LogP contribution in [0.2, 0.25) is 15.1 Å². The Kier molecular flexibility index (Phi) is 6.46. The van der Waals surface area contributed by atoms with Gasteiger partial charge >= 0.3 is 0 Å². The predicted octanol–water partition coefficient (Wildman–Crippen LogP) is 5.60. The molecule has 0 spiro atoms. The molecule has 0 radical (unpaired) electrons. The first-order chi connectivity index (χ1) is 12.5. The van der Waals surface area contributed by atoms with Crippen molar-refractivity contribution in [2.75, 3.05) is 13.1 Å². The molecule has 6 heteroatoms. The van der Waals surface area contributed by atoms with E-state index in [1.807, 2.05) is 30.3 Å². The summed E-state index contributed by atoms with van der Waals surface area (Å²) in [5, 5.41) is 3.98. The fourth-order valence-corrected chi connectivity index (χ4v) is 4.06. The topological polar surface area (TPSA) is 32.3 Å². The number of carbonyl (C=O) groups is 1. The van der Waals surface area contributed by atoms with Gasteiger partial charge in [0.05, 0.1) is 21.7 Å². The van der Waals surface area contributed by atoms with Gasteiger partial charge in [-0.25, -0.2) is 0 Å². The maximum absolute atomic E-state index is 12.9. The number of halogens is 3. The Morgan fingerprint density at radius 2 is 1.96 bits per heavy atom. The van der Waals surface area contributed by atoms with Crippen molar-refractivity contribution in [2.45, 2.75) is 31.8 Å². The van der Waals surface area contributed by atoms with Crippen molar-refractivity contribution in [2.24, 2.45) is 0 Å². The number of hydrogen-bond donors (Lipinski definition) is 1. The summed E-state index contributed by atoms with van der Waals surface area (Å²) >= 11 is 18.3. The first kappa shape index (κ1) is 19.5. The van der Waals surface area contributed by atoms with Crippen LogP contribution in [0.15, 0.2) is 42.5 Å². The van der Waals surface area contributed by atoms with Gasteiger partial charge in [-0.2, -0.15) is 0 Å². The highest BCUT2D eigenvalue weighted by atomic mass is 35.5. The van der Waals surface area contributed by atoms with E-state index in [0.717, 1.165) is 18.7 Å². The zero-order chi connectivity index (χ0) is 18.7. The molecule has 2 aromatic carbocycles. The molecule has 0 aliphatic carbocycles. The summed E-state index contributed by atoms with van der Waals surface area (Å²) in [6.45, 7) is 4.03. The molecular weight excluding hydrogens is 391 g/mol. The fraction of sp³-hybridized carbons (Fsp3) is 0.350. The third-order valence-electron chi connectivity index (χ3n) is 4.85. The van der Waals surface area contributed by atoms with Gasteiger partial charge in [-0.3, -0.25) is 9.69 Å². The molecule has 2 unspecified atom stereocenters. The van der Waals surface area contributed by atoms with Crippen LogP contribution in [0.4, 0.5) is 0 Å². The van der Waals surface area contributed by atoms with Crippen LogP contribution in [-0.2, 0) is 0 Å². The van der Waals surface area contributed by atoms with Crippen molar-refractivity contribution in [3.05, 3.63) is 68.7 Å². The summed E-state index contributed by atoms with van der Waals surface area (Å²) in [6.07, 6.45) is 2.37. The largest absolute Gasteiger partial charge is 0.344 e. The molecule has 1 heterocycles. The number of nitrogens with one attached hydrogen (secondary N) is 1. The average molecular weight is 412 g/mol. The van der Waals surface area contributed by atoms with Crippen molar-refractivity contribution in [1.82, 2.24) is 10.2 Å². The Morgan fingerprint density at radius 1 is 1.23 bits per heavy atom. The van der Waals surface area contributed by atoms with Crippen molar-refractivity contribution >= 4 is 40.7 Å². The van der Waals surface area contributed by atoms with Crippen molar-refractivity contribution in [1.29, 1.82) is 0 Å². The summed E-state index contributed by atoms with van der Waals surface area (Å²) in [5.41, 5.74) is 1.35. The van der Waals surface area contributed by atoms with Gasteiger partial charge in [-0.15, -0.1) is 0 Å². The van der Waals surface area contributed by atoms with Crippen LogP contribution >= 0.6 is 34.8 Å². The molecule has 1 saturated heterocycles. The minimum Gasteiger partial charge on any atom is -0.344 e. The predicted molar refractivity (Wildman–Crippen MR) is 108 cm³/mol. The van der Waals surface area contributed by atoms with Crippen LogP contribution in [0, 0.1) is 0 Å². The third-order valence-corrected chi connectivity index (χ3v) is 5.87. The number of amides is 1. The Balaban J connectivity index is 1.84. The number of carbonyl (C=O) groups excluding carboxylic acids is 1. The van der Waals surface area contributed by atoms with Crippen LogP contribution in [0.25, 0.3) is 0 Å². The van der Waals surface area contributed by atoms with Crippen molar-refractivity contribution in [3.8, 4) is 0 Å². The van der Waals surface area contributed by atoms with Gasteiger partial charge in [0.25, 0.3) is 5.91 Å². The summed E-state index contributed by atoms with van der Waals surface area (Å²) in [5.74, 6) is -0.278. The number of rotatable bonds is 5. The number of benzene rings is 2. The Morgan fingerprint density at radius 3 is 2.62 bits per heavy atom. The molecule has 0 bridgehead atoms. The molecule has 1 aliphatic rings. The van der Waals surface area contributed by atoms with Gasteiger partial charge in [-0.1, -0.05) is 65.1 Å². The molecule has 3 rings (SSSR count). The highest BCUT2D eigenvalue weighted by molar-refractivity contribution is 6.45. The lowest BCUT2D eigenvalue weighted by Gasteiger charge is -2.28. The molecule has 2 atom stereocenters. The second-order valence-corrected chi connectivity index (χ2v) is 7.89. The van der Waals surface area contributed by atoms with Crippen molar-refractivity contribution in [3.63, 3.8) is 0 Å². The van der Waals surface area contributed by atoms with Gasteiger partial charge in [0.1, 0.15) is 0 Å². The summed E-state index contributed by atoms with van der Waals surface area (Å²) in [7, 11) is 0. The second kappa shape index (κ2) is 8.62. The lowest BCUT2D eigenvalue weighted by atomic mass is 10.0. The van der Waals surface area contributed by atoms with E-state index in [1.54, 1.807) is 6.07 Å². The monoisotopic (exact) mass is 410 g/mol. The van der Waals surface area contributed by atoms with Crippen LogP contribution in [0.3, 0.4) is 0 Å². The summed E-state index contributed by atoms with van der Waals surface area (Å²) in [4.78, 5) is 15.3. The molecule has 3 nitrogen and oxygen atoms in total. The smallest absolute Gasteiger partial charge is 0.253 e. The van der Waals surface area contributed by atoms with Crippen molar-refractivity contribution < 1.29 is 4.79 Å². The molecule has 1 aliphatic heterocycles. The third kappa shape index (κ3) is 4.52. The Labute approximate surface area is 169 Å². The first-order valence-corrected chi connectivity index (χ1v) is 9.83. The molecule has 1 fully saturated rings. The fourth-order valence-electron chi connectivity index (χ4n) is 3.38. The van der Waals surface area contributed by atoms with Crippen LogP contribution in [0.1, 0.15) is 41.7 Å². The van der Waals surface area contributed by atoms with E-state index in [1.165, 1.54) is 18.9 Å². The number of nitrogens with zero attached hydrogens (tertiary/aromatic N) is 1. The van der Waals surface area contributed by atoms with Gasteiger partial charge < -0.3 is 5.32 Å². The van der Waals surface area contributed by atoms with Gasteiger partial charge in [-0.05, 0) is 44.0 Å². The maximum Gasteiger partial charge on any atom is 0.253 e. The second-order valence-electron chi connectivity index (χ2n) is 6.67. The number of hydrogen-bond acceptors (Lipinski definition) is 2. The van der Waals surface area contributed by atoms with Crippen LogP contribution in [0.5, 0.6) is 0 Å². The van der Waals surface area contributed by atoms with Crippen LogP contribution in [-0.4, -0.2) is 29.9 Å². The molecule has 2 aromatic rings. The SMILES string of the molecule is CC1CCCN1CC(NC(=O)c1cc(Cl)cc(Cl)c1Cl)c1ccccc1. The lowest BCUT2D eigenvalue weighted by molar-refractivity contribution is 0.0923. The molecule has 26 heavy (non-hydrogen) atoms. The standard InChI is InChI=1S/C20H21Cl3N2O/c1-13-6-5-9-25(13)12-18(14-7-3-2-4-8-14)24-20(26)16-10-15(21)11-17(22)19(16)23/h2-4,7-8,10-11,13,18H,5-6,9,12H2,1H3,(H,24,26). The van der Waals surface area contributed by atoms with Crippen LogP contribution < -0.4 is 5.32 Å². The quantitative estimate of drug-likeness (QED) is 0.649. The zero-order valence-corrected chi connectivity index (χ0v) is 16.8. The van der Waals surface area contributed by atoms with E-state index < -0.39 is 0 Å². The first-order valence-electron chi connectivity index (χ1n) is 8.70. The van der Waals surface area contributed by atoms with E-state index in [-0.39, 0.29) is 22.0 Å². The Bertz CT molecular complexity index is 782. The molecule has 0 aromatic heterocycles. The maximum atomic E-state index is 12.9. The lowest BCUT2D eigenvalue weighted by Crippen LogP contribution is -2.39. The zero-order valence-electron chi connectivity index (χ0n) is 14.5. The van der Waals surface area contributed by atoms with Gasteiger partial charge in [0, 0.05) is 17.6 Å². The van der Waals surface area contributed by atoms with E-state index in [9.17, 15) is 4.79 Å². The Hall–Kier alpha value is -1.26. The minimum atomic E-state index is -0.278. The highest BCUT2D eigenvalue weighted by Crippen LogP contribution is 2.30. The van der Waals surface area contributed by atoms with Gasteiger partial charge in [0.2, 0.25) is 0 Å². The summed E-state index contributed by atoms with van der Waals surface area (Å²) < 4.78 is 0. The normalized spacial score (nSPS) is 18.7. The van der Waals surface area contributed by atoms with E-state index in [2.05, 4.69) is 17.1 Å². The minimum absolute atomic E-state index is 0.141. The van der Waals surface area contributed by atoms with E-state index >= 15 is 0 Å². The van der Waals surface area contributed by atoms with Gasteiger partial charge in [0.15, 0.2) is 0 Å². The molecule has 0 saturated carbocycles. The van der Waals surface area contributed by atoms with E-state index in [0.29, 0.717) is 16.6 Å². The molecule has 1 amide bonds. The molecule has 138 valence electrons. The van der Waals surface area contributed by atoms with E-state index in [4.69, 9.17) is 34.8 Å².